The average Bonchev–Trinajstić information content (AvgIpc) is 2.60. The smallest absolute Gasteiger partial charge is 0.145 e. The molecule has 0 aliphatic heterocycles. The van der Waals surface area contributed by atoms with E-state index in [9.17, 15) is 5.21 Å². The van der Waals surface area contributed by atoms with E-state index in [0.717, 1.165) is 21.9 Å². The first-order valence-corrected chi connectivity index (χ1v) is 8.85. The van der Waals surface area contributed by atoms with Crippen LogP contribution in [0.25, 0.3) is 0 Å². The van der Waals surface area contributed by atoms with Crippen LogP contribution in [0.4, 0.5) is 5.69 Å². The Morgan fingerprint density at radius 3 is 2.48 bits per heavy atom. The fourth-order valence-corrected chi connectivity index (χ4v) is 2.68. The molecule has 0 aliphatic rings. The topological polar surface area (TPSA) is 41.9 Å². The summed E-state index contributed by atoms with van der Waals surface area (Å²) in [7, 11) is 0. The van der Waals surface area contributed by atoms with Gasteiger partial charge in [-0.1, -0.05) is 49.0 Å². The molecule has 0 unspecified atom stereocenters. The zero-order valence-corrected chi connectivity index (χ0v) is 16.0. The lowest BCUT2D eigenvalue weighted by Crippen LogP contribution is -2.26. The van der Waals surface area contributed by atoms with Gasteiger partial charge in [-0.2, -0.15) is 0 Å². The average molecular weight is 359 g/mol. The van der Waals surface area contributed by atoms with Gasteiger partial charge in [-0.3, -0.25) is 5.21 Å². The fourth-order valence-electron chi connectivity index (χ4n) is 2.59. The van der Waals surface area contributed by atoms with Crippen LogP contribution in [0.15, 0.2) is 36.4 Å². The third-order valence-corrected chi connectivity index (χ3v) is 4.31. The maximum absolute atomic E-state index is 10.5. The van der Waals surface area contributed by atoms with E-state index in [1.807, 2.05) is 51.1 Å². The molecule has 2 rings (SSSR count). The highest BCUT2D eigenvalue weighted by molar-refractivity contribution is 7.80. The Bertz CT molecular complexity index is 746. The van der Waals surface area contributed by atoms with E-state index in [1.54, 1.807) is 0 Å². The summed E-state index contributed by atoms with van der Waals surface area (Å²) in [5, 5.41) is 11.6. The molecule has 0 spiro atoms. The monoisotopic (exact) mass is 359 g/mol. The number of hydrogen-bond donors (Lipinski definition) is 1. The number of aryl methyl sites for hydroxylation is 2. The number of hydroxylamine groups is 1. The predicted molar refractivity (Wildman–Crippen MR) is 105 cm³/mol. The second-order valence-electron chi connectivity index (χ2n) is 5.81. The van der Waals surface area contributed by atoms with Crippen LogP contribution >= 0.6 is 12.2 Å². The summed E-state index contributed by atoms with van der Waals surface area (Å²) < 4.78 is 11.6. The van der Waals surface area contributed by atoms with E-state index < -0.39 is 0 Å². The van der Waals surface area contributed by atoms with Gasteiger partial charge in [0.15, 0.2) is 0 Å². The quantitative estimate of drug-likeness (QED) is 0.543. The third kappa shape index (κ3) is 4.71. The minimum absolute atomic E-state index is 0.309. The van der Waals surface area contributed by atoms with Crippen LogP contribution in [0.1, 0.15) is 37.0 Å². The number of nitrogens with zero attached hydrogens (tertiary/aromatic N) is 1. The van der Waals surface area contributed by atoms with Crippen molar-refractivity contribution in [3.05, 3.63) is 53.1 Å². The highest BCUT2D eigenvalue weighted by Crippen LogP contribution is 2.33. The zero-order chi connectivity index (χ0) is 18.4. The fraction of sp³-hybridized carbons (Fsp3) is 0.350. The molecular weight excluding hydrogens is 334 g/mol. The third-order valence-electron chi connectivity index (χ3n) is 3.85. The molecule has 0 saturated carbocycles. The molecule has 5 heteroatoms. The van der Waals surface area contributed by atoms with Gasteiger partial charge in [-0.25, -0.2) is 5.06 Å². The lowest BCUT2D eigenvalue weighted by atomic mass is 10.1. The Labute approximate surface area is 155 Å². The normalized spacial score (nSPS) is 10.4. The van der Waals surface area contributed by atoms with Gasteiger partial charge in [0, 0.05) is 5.56 Å². The molecule has 0 bridgehead atoms. The maximum Gasteiger partial charge on any atom is 0.145 e. The van der Waals surface area contributed by atoms with Gasteiger partial charge >= 0.3 is 0 Å². The van der Waals surface area contributed by atoms with Crippen molar-refractivity contribution in [2.75, 3.05) is 11.7 Å². The van der Waals surface area contributed by atoms with Gasteiger partial charge in [0.05, 0.1) is 6.61 Å². The van der Waals surface area contributed by atoms with E-state index in [2.05, 4.69) is 13.0 Å². The molecule has 0 amide bonds. The lowest BCUT2D eigenvalue weighted by Gasteiger charge is -2.23. The number of hydrogen-bond acceptors (Lipinski definition) is 4. The van der Waals surface area contributed by atoms with Crippen molar-refractivity contribution in [1.29, 1.82) is 0 Å². The minimum Gasteiger partial charge on any atom is -0.492 e. The Balaban J connectivity index is 2.32. The summed E-state index contributed by atoms with van der Waals surface area (Å²) in [5.74, 6) is 1.41. The first-order chi connectivity index (χ1) is 12.0. The molecule has 0 atom stereocenters. The van der Waals surface area contributed by atoms with Crippen LogP contribution < -0.4 is 14.5 Å². The summed E-state index contributed by atoms with van der Waals surface area (Å²) in [5.41, 5.74) is 3.62. The van der Waals surface area contributed by atoms with Crippen molar-refractivity contribution in [3.8, 4) is 11.5 Å². The summed E-state index contributed by atoms with van der Waals surface area (Å²) in [4.78, 5) is 0.430. The number of rotatable bonds is 7. The predicted octanol–water partition coefficient (Wildman–Crippen LogP) is 5.21. The second kappa shape index (κ2) is 8.83. The SMILES string of the molecule is CCOc1cccc(COc2ccc(C)cc2C)c1N(O)C(=S)CC. The molecule has 0 aromatic heterocycles. The first kappa shape index (κ1) is 19.2. The molecule has 134 valence electrons. The minimum atomic E-state index is 0.309. The van der Waals surface area contributed by atoms with Crippen LogP contribution in [-0.2, 0) is 6.61 Å². The van der Waals surface area contributed by atoms with Crippen LogP contribution in [0, 0.1) is 13.8 Å². The van der Waals surface area contributed by atoms with Crippen molar-refractivity contribution in [3.63, 3.8) is 0 Å². The molecular formula is C20H25NO3S. The second-order valence-corrected chi connectivity index (χ2v) is 6.28. The van der Waals surface area contributed by atoms with Crippen LogP contribution in [0.2, 0.25) is 0 Å². The standard InChI is InChI=1S/C20H25NO3S/c1-5-19(25)21(22)20-16(8-7-9-18(20)23-6-2)13-24-17-11-10-14(3)12-15(17)4/h7-12,22H,5-6,13H2,1-4H3. The molecule has 0 saturated heterocycles. The molecule has 0 aliphatic carbocycles. The highest BCUT2D eigenvalue weighted by Gasteiger charge is 2.19. The zero-order valence-electron chi connectivity index (χ0n) is 15.2. The number of thiocarbonyl (C=S) groups is 1. The maximum atomic E-state index is 10.5. The molecule has 0 heterocycles. The molecule has 25 heavy (non-hydrogen) atoms. The van der Waals surface area contributed by atoms with Crippen molar-refractivity contribution in [1.82, 2.24) is 0 Å². The Hall–Kier alpha value is -2.11. The van der Waals surface area contributed by atoms with E-state index in [1.165, 1.54) is 5.56 Å². The number of benzene rings is 2. The van der Waals surface area contributed by atoms with E-state index in [-0.39, 0.29) is 0 Å². The summed E-state index contributed by atoms with van der Waals surface area (Å²) >= 11 is 5.26. The van der Waals surface area contributed by atoms with Crippen molar-refractivity contribution in [2.24, 2.45) is 0 Å². The Kier molecular flexibility index (Phi) is 6.79. The van der Waals surface area contributed by atoms with E-state index in [4.69, 9.17) is 21.7 Å². The molecule has 1 N–H and O–H groups in total. The van der Waals surface area contributed by atoms with Gasteiger partial charge in [0.2, 0.25) is 0 Å². The molecule has 2 aromatic carbocycles. The van der Waals surface area contributed by atoms with Gasteiger partial charge in [0.1, 0.15) is 28.8 Å². The summed E-state index contributed by atoms with van der Waals surface area (Å²) in [6, 6.07) is 11.7. The Morgan fingerprint density at radius 1 is 1.08 bits per heavy atom. The summed E-state index contributed by atoms with van der Waals surface area (Å²) in [6.45, 7) is 8.69. The van der Waals surface area contributed by atoms with Crippen LogP contribution in [0.5, 0.6) is 11.5 Å². The molecule has 0 radical (unpaired) electrons. The van der Waals surface area contributed by atoms with Gasteiger partial charge in [-0.15, -0.1) is 0 Å². The largest absolute Gasteiger partial charge is 0.492 e. The van der Waals surface area contributed by atoms with Gasteiger partial charge < -0.3 is 9.47 Å². The van der Waals surface area contributed by atoms with Crippen molar-refractivity contribution >= 4 is 22.9 Å². The van der Waals surface area contributed by atoms with Gasteiger partial charge in [0.25, 0.3) is 0 Å². The summed E-state index contributed by atoms with van der Waals surface area (Å²) in [6.07, 6.45) is 0.559. The van der Waals surface area contributed by atoms with E-state index >= 15 is 0 Å². The first-order valence-electron chi connectivity index (χ1n) is 8.44. The van der Waals surface area contributed by atoms with E-state index in [0.29, 0.717) is 36.1 Å². The lowest BCUT2D eigenvalue weighted by molar-refractivity contribution is 0.282. The number of anilines is 1. The highest BCUT2D eigenvalue weighted by atomic mass is 32.1. The molecule has 4 nitrogen and oxygen atoms in total. The number of para-hydroxylation sites is 1. The van der Waals surface area contributed by atoms with Crippen molar-refractivity contribution in [2.45, 2.75) is 40.7 Å². The van der Waals surface area contributed by atoms with Crippen LogP contribution in [-0.4, -0.2) is 16.8 Å². The molecule has 0 fully saturated rings. The molecule has 2 aromatic rings. The Morgan fingerprint density at radius 2 is 1.84 bits per heavy atom. The van der Waals surface area contributed by atoms with Gasteiger partial charge in [-0.05, 0) is 44.9 Å². The number of ether oxygens (including phenoxy) is 2. The van der Waals surface area contributed by atoms with Crippen molar-refractivity contribution < 1.29 is 14.7 Å². The van der Waals surface area contributed by atoms with Crippen LogP contribution in [0.3, 0.4) is 0 Å².